The fourth-order valence-corrected chi connectivity index (χ4v) is 0.620. The van der Waals surface area contributed by atoms with Crippen molar-refractivity contribution in [2.75, 3.05) is 6.73 Å². The van der Waals surface area contributed by atoms with Crippen LogP contribution in [0, 0.1) is 5.39 Å². The summed E-state index contributed by atoms with van der Waals surface area (Å²) < 4.78 is 4.94. The lowest BCUT2D eigenvalue weighted by atomic mass is 10.3. The number of hydrogen-bond donors (Lipinski definition) is 0. The topological polar surface area (TPSA) is 37.4 Å². The maximum Gasteiger partial charge on any atom is 0.447 e. The van der Waals surface area contributed by atoms with Crippen LogP contribution in [0.3, 0.4) is 0 Å². The van der Waals surface area contributed by atoms with Crippen LogP contribution in [-0.4, -0.2) is 6.73 Å². The molecule has 0 aromatic heterocycles. The molecular weight excluding hydrogens is 128 g/mol. The van der Waals surface area contributed by atoms with Gasteiger partial charge in [-0.1, -0.05) is 18.2 Å². The van der Waals surface area contributed by atoms with E-state index in [0.717, 1.165) is 0 Å². The second kappa shape index (κ2) is 3.46. The van der Waals surface area contributed by atoms with Gasteiger partial charge in [-0.3, -0.25) is 0 Å². The largest absolute Gasteiger partial charge is 0.447 e. The molecule has 1 aromatic carbocycles. The van der Waals surface area contributed by atoms with Crippen LogP contribution in [0.5, 0.6) is 5.75 Å². The molecular formula is C7H7N2O+. The van der Waals surface area contributed by atoms with Crippen molar-refractivity contribution in [1.82, 2.24) is 0 Å². The highest BCUT2D eigenvalue weighted by Crippen LogP contribution is 2.07. The summed E-state index contributed by atoms with van der Waals surface area (Å²) in [6, 6.07) is 9.19. The molecule has 0 saturated carbocycles. The van der Waals surface area contributed by atoms with Gasteiger partial charge in [0.25, 0.3) is 0 Å². The summed E-state index contributed by atoms with van der Waals surface area (Å²) in [6.07, 6.45) is 0. The average Bonchev–Trinajstić information content (AvgIpc) is 2.03. The minimum Gasteiger partial charge on any atom is -0.420 e. The van der Waals surface area contributed by atoms with Crippen molar-refractivity contribution in [3.05, 3.63) is 35.3 Å². The first-order valence-corrected chi connectivity index (χ1v) is 2.92. The Morgan fingerprint density at radius 3 is 2.60 bits per heavy atom. The first kappa shape index (κ1) is 6.56. The Morgan fingerprint density at radius 2 is 2.00 bits per heavy atom. The number of nitrogens with zero attached hydrogens (tertiary/aromatic N) is 2. The Balaban J connectivity index is 2.52. The second-order valence-corrected chi connectivity index (χ2v) is 1.73. The average molecular weight is 135 g/mol. The van der Waals surface area contributed by atoms with Crippen LogP contribution in [0.4, 0.5) is 0 Å². The summed E-state index contributed by atoms with van der Waals surface area (Å²) in [6.45, 7) is -0.00991. The summed E-state index contributed by atoms with van der Waals surface area (Å²) in [4.78, 5) is 2.81. The molecule has 0 saturated heterocycles. The highest BCUT2D eigenvalue weighted by atomic mass is 16.5. The third-order valence-electron chi connectivity index (χ3n) is 1.03. The van der Waals surface area contributed by atoms with E-state index >= 15 is 0 Å². The molecule has 0 aliphatic heterocycles. The zero-order valence-electron chi connectivity index (χ0n) is 5.40. The van der Waals surface area contributed by atoms with Crippen LogP contribution in [0.1, 0.15) is 0 Å². The van der Waals surface area contributed by atoms with E-state index in [9.17, 15) is 0 Å². The van der Waals surface area contributed by atoms with Gasteiger partial charge < -0.3 is 4.74 Å². The Hall–Kier alpha value is -1.56. The van der Waals surface area contributed by atoms with Crippen LogP contribution in [0.25, 0.3) is 4.98 Å². The predicted molar refractivity (Wildman–Crippen MR) is 37.0 cm³/mol. The molecule has 10 heavy (non-hydrogen) atoms. The van der Waals surface area contributed by atoms with E-state index in [-0.39, 0.29) is 6.73 Å². The van der Waals surface area contributed by atoms with E-state index in [1.165, 1.54) is 0 Å². The molecule has 0 atom stereocenters. The van der Waals surface area contributed by atoms with E-state index in [2.05, 4.69) is 4.98 Å². The SMILES string of the molecule is N#[N+]COc1ccccc1. The number of rotatable bonds is 2. The molecule has 3 nitrogen and oxygen atoms in total. The lowest BCUT2D eigenvalue weighted by Gasteiger charge is -1.92. The number of ether oxygens (including phenoxy) is 1. The van der Waals surface area contributed by atoms with Gasteiger partial charge in [-0.25, -0.2) is 0 Å². The van der Waals surface area contributed by atoms with Crippen molar-refractivity contribution >= 4 is 0 Å². The fraction of sp³-hybridized carbons (Fsp3) is 0.143. The van der Waals surface area contributed by atoms with Gasteiger partial charge in [0.2, 0.25) is 5.39 Å². The Labute approximate surface area is 58.9 Å². The van der Waals surface area contributed by atoms with Crippen molar-refractivity contribution in [3.8, 4) is 5.75 Å². The van der Waals surface area contributed by atoms with Gasteiger partial charge in [0.15, 0.2) is 4.98 Å². The number of para-hydroxylation sites is 1. The number of diazo groups is 1. The first-order chi connectivity index (χ1) is 4.93. The van der Waals surface area contributed by atoms with Gasteiger partial charge in [-0.2, -0.15) is 0 Å². The molecule has 0 aliphatic rings. The molecule has 0 unspecified atom stereocenters. The molecule has 1 aromatic rings. The van der Waals surface area contributed by atoms with Gasteiger partial charge in [-0.05, 0) is 12.1 Å². The maximum absolute atomic E-state index is 8.03. The molecule has 0 amide bonds. The highest BCUT2D eigenvalue weighted by Gasteiger charge is 1.93. The van der Waals surface area contributed by atoms with Gasteiger partial charge in [0.05, 0.1) is 0 Å². The number of hydrogen-bond acceptors (Lipinski definition) is 2. The molecule has 0 N–H and O–H groups in total. The molecule has 0 bridgehead atoms. The quantitative estimate of drug-likeness (QED) is 0.580. The van der Waals surface area contributed by atoms with Crippen LogP contribution in [-0.2, 0) is 0 Å². The van der Waals surface area contributed by atoms with Crippen molar-refractivity contribution in [1.29, 1.82) is 5.39 Å². The second-order valence-electron chi connectivity index (χ2n) is 1.73. The van der Waals surface area contributed by atoms with Gasteiger partial charge >= 0.3 is 6.73 Å². The first-order valence-electron chi connectivity index (χ1n) is 2.92. The van der Waals surface area contributed by atoms with Crippen molar-refractivity contribution in [2.24, 2.45) is 0 Å². The molecule has 0 fully saturated rings. The molecule has 1 rings (SSSR count). The van der Waals surface area contributed by atoms with E-state index in [1.54, 1.807) is 12.1 Å². The van der Waals surface area contributed by atoms with Gasteiger partial charge in [0, 0.05) is 0 Å². The minimum atomic E-state index is -0.00991. The Bertz CT molecular complexity index is 227. The maximum atomic E-state index is 8.03. The van der Waals surface area contributed by atoms with E-state index in [0.29, 0.717) is 5.75 Å². The number of benzene rings is 1. The molecule has 0 aliphatic carbocycles. The van der Waals surface area contributed by atoms with Crippen LogP contribution < -0.4 is 4.74 Å². The molecule has 3 heteroatoms. The van der Waals surface area contributed by atoms with E-state index < -0.39 is 0 Å². The summed E-state index contributed by atoms with van der Waals surface area (Å²) in [5.41, 5.74) is 0. The smallest absolute Gasteiger partial charge is 0.420 e. The summed E-state index contributed by atoms with van der Waals surface area (Å²) in [5, 5.41) is 8.03. The predicted octanol–water partition coefficient (Wildman–Crippen LogP) is 1.88. The standard InChI is InChI=1S/C7H7N2O/c8-9-6-10-7-4-2-1-3-5-7/h1-5H,6H2/q+1. The van der Waals surface area contributed by atoms with Crippen molar-refractivity contribution in [2.45, 2.75) is 0 Å². The third kappa shape index (κ3) is 1.75. The summed E-state index contributed by atoms with van der Waals surface area (Å²) >= 11 is 0. The van der Waals surface area contributed by atoms with Gasteiger partial charge in [-0.15, -0.1) is 0 Å². The Morgan fingerprint density at radius 1 is 1.30 bits per heavy atom. The Kier molecular flexibility index (Phi) is 2.27. The zero-order chi connectivity index (χ0) is 7.23. The fourth-order valence-electron chi connectivity index (χ4n) is 0.620. The molecule has 50 valence electrons. The summed E-state index contributed by atoms with van der Waals surface area (Å²) in [7, 11) is 0. The highest BCUT2D eigenvalue weighted by molar-refractivity contribution is 5.20. The van der Waals surface area contributed by atoms with Crippen LogP contribution >= 0.6 is 0 Å². The zero-order valence-corrected chi connectivity index (χ0v) is 5.40. The van der Waals surface area contributed by atoms with E-state index in [4.69, 9.17) is 10.1 Å². The summed E-state index contributed by atoms with van der Waals surface area (Å²) in [5.74, 6) is 0.709. The van der Waals surface area contributed by atoms with Gasteiger partial charge in [0.1, 0.15) is 5.75 Å². The lowest BCUT2D eigenvalue weighted by Crippen LogP contribution is -1.89. The van der Waals surface area contributed by atoms with E-state index in [1.807, 2.05) is 18.2 Å². The lowest BCUT2D eigenvalue weighted by molar-refractivity contribution is 0.358. The molecule has 0 spiro atoms. The molecule has 0 heterocycles. The van der Waals surface area contributed by atoms with Crippen molar-refractivity contribution in [3.63, 3.8) is 0 Å². The monoisotopic (exact) mass is 135 g/mol. The minimum absolute atomic E-state index is 0.00991. The van der Waals surface area contributed by atoms with Crippen molar-refractivity contribution < 1.29 is 4.74 Å². The third-order valence-corrected chi connectivity index (χ3v) is 1.03. The normalized spacial score (nSPS) is 8.30. The van der Waals surface area contributed by atoms with Crippen LogP contribution in [0.15, 0.2) is 30.3 Å². The molecule has 0 radical (unpaired) electrons. The van der Waals surface area contributed by atoms with Crippen LogP contribution in [0.2, 0.25) is 0 Å².